The van der Waals surface area contributed by atoms with E-state index >= 15 is 0 Å². The van der Waals surface area contributed by atoms with Gasteiger partial charge in [0.2, 0.25) is 59.1 Å². The van der Waals surface area contributed by atoms with Crippen molar-refractivity contribution in [1.82, 2.24) is 58.1 Å². The fourth-order valence-electron chi connectivity index (χ4n) is 12.2. The second-order valence-electron chi connectivity index (χ2n) is 28.4. The molecule has 3 saturated heterocycles. The van der Waals surface area contributed by atoms with E-state index in [2.05, 4.69) is 53.2 Å². The Balaban J connectivity index is 1.28. The second-order valence-corrected chi connectivity index (χ2v) is 28.4. The fourth-order valence-corrected chi connectivity index (χ4v) is 12.2. The van der Waals surface area contributed by atoms with Crippen LogP contribution in [0.25, 0.3) is 0 Å². The number of hydrogen-bond acceptors (Lipinski definition) is 33. The van der Waals surface area contributed by atoms with Gasteiger partial charge in [-0.05, 0) is 57.8 Å². The zero-order valence-electron chi connectivity index (χ0n) is 67.6. The monoisotopic (exact) mass is 1700 g/mol. The van der Waals surface area contributed by atoms with Crippen molar-refractivity contribution in [3.63, 3.8) is 0 Å². The van der Waals surface area contributed by atoms with Crippen LogP contribution in [0.15, 0.2) is 12.2 Å². The van der Waals surface area contributed by atoms with Gasteiger partial charge in [0.1, 0.15) is 78.6 Å². The third-order valence-corrected chi connectivity index (χ3v) is 18.5. The molecule has 4 heterocycles. The number of nitrogens with zero attached hydrogens (tertiary/aromatic N) is 1. The Labute approximate surface area is 684 Å². The molecule has 0 radical (unpaired) electrons. The van der Waals surface area contributed by atoms with Gasteiger partial charge in [0.05, 0.1) is 106 Å². The number of imide groups is 1. The molecule has 676 valence electrons. The Morgan fingerprint density at radius 1 is 0.347 bits per heavy atom. The van der Waals surface area contributed by atoms with Gasteiger partial charge in [0.15, 0.2) is 18.9 Å². The summed E-state index contributed by atoms with van der Waals surface area (Å²) in [4.78, 5) is 151. The van der Waals surface area contributed by atoms with E-state index in [0.29, 0.717) is 57.8 Å². The first-order valence-electron chi connectivity index (χ1n) is 40.1. The number of carbonyl (C=O) groups is 12. The minimum absolute atomic E-state index is 0.0634. The summed E-state index contributed by atoms with van der Waals surface area (Å²) in [6.45, 7) is 2.40. The molecule has 0 saturated carbocycles. The highest BCUT2D eigenvalue weighted by atomic mass is 16.7. The van der Waals surface area contributed by atoms with Gasteiger partial charge in [0, 0.05) is 137 Å². The maximum absolute atomic E-state index is 13.9. The molecule has 15 atom stereocenters. The van der Waals surface area contributed by atoms with E-state index < -0.39 is 170 Å². The number of unbranched alkanes of at least 4 members (excludes halogenated alkanes) is 3. The molecule has 0 aromatic heterocycles. The van der Waals surface area contributed by atoms with Crippen LogP contribution in [0.5, 0.6) is 0 Å². The molecule has 0 bridgehead atoms. The highest BCUT2D eigenvalue weighted by molar-refractivity contribution is 6.12. The largest absolute Gasteiger partial charge is 0.394 e. The van der Waals surface area contributed by atoms with Gasteiger partial charge in [-0.1, -0.05) is 0 Å². The minimum Gasteiger partial charge on any atom is -0.394 e. The quantitative estimate of drug-likeness (QED) is 0.0199. The molecule has 0 aromatic rings. The third kappa shape index (κ3) is 41.3. The normalized spacial score (nSPS) is 23.7. The van der Waals surface area contributed by atoms with E-state index in [1.807, 2.05) is 0 Å². The summed E-state index contributed by atoms with van der Waals surface area (Å²) in [7, 11) is 0. The zero-order valence-corrected chi connectivity index (χ0v) is 67.6. The topological polar surface area (TPSA) is 621 Å². The van der Waals surface area contributed by atoms with Crippen molar-refractivity contribution < 1.29 is 160 Å². The molecule has 44 heteroatoms. The van der Waals surface area contributed by atoms with Crippen molar-refractivity contribution in [1.29, 1.82) is 0 Å². The van der Waals surface area contributed by atoms with Gasteiger partial charge in [-0.2, -0.15) is 0 Å². The fraction of sp³-hybridized carbons (Fsp3) is 0.811. The zero-order chi connectivity index (χ0) is 86.6. The molecule has 0 spiro atoms. The van der Waals surface area contributed by atoms with E-state index in [9.17, 15) is 103 Å². The van der Waals surface area contributed by atoms with E-state index in [4.69, 9.17) is 56.8 Å². The van der Waals surface area contributed by atoms with Gasteiger partial charge in [-0.25, -0.2) is 0 Å². The predicted molar refractivity (Wildman–Crippen MR) is 408 cm³/mol. The highest BCUT2D eigenvalue weighted by Crippen LogP contribution is 2.26. The molecule has 0 aromatic carbocycles. The lowest BCUT2D eigenvalue weighted by atomic mass is 9.97. The number of nitrogens with one attached hydrogen (secondary N) is 10. The van der Waals surface area contributed by atoms with E-state index in [1.165, 1.54) is 32.9 Å². The molecular formula is C74H127N11O33. The summed E-state index contributed by atoms with van der Waals surface area (Å²) in [6.07, 6.45) is -10.3. The predicted octanol–water partition coefficient (Wildman–Crippen LogP) is -8.31. The molecule has 4 aliphatic heterocycles. The lowest BCUT2D eigenvalue weighted by Gasteiger charge is -2.42. The Hall–Kier alpha value is -7.26. The number of ether oxygens (including phenoxy) is 12. The molecule has 0 unspecified atom stereocenters. The standard InChI is InChI=1S/C74H127N11O33/c1-47(89)81-62-68(104)65(101)50(41-86)116-71(62)113-29-7-4-13-53(92)75-22-10-25-78-56(95)18-33-110-44-74(84-59(98)21-32-107-37-39-109-40-38-108-36-28-85-60(99)16-17-61(85)100,45-111-34-19-57(96)79-26-11-23-76-54(93)14-5-8-30-114-72-63(82-48(2)90)69(105)66(102)51(42-87)117-72)46-112-35-20-58(97)80-27-12-24-77-55(94)15-6-9-31-115-73-64(83-49(3)91)70(106)67(103)52(43-88)118-73/h16-17,50-52,62-73,86-88,101-106H,4-15,18-46H2,1-3H3,(H,75,92)(H,76,93)(H,77,94)(H,78,95)(H,79,96)(H,80,97)(H,81,89)(H,82,90)(H,83,91)(H,84,98)/t50-,51-,52-,62-,63-,64-,65+,66+,67+,68-,69-,70-,71-,72-,73-/m1/s1. The first-order chi connectivity index (χ1) is 56.6. The number of rotatable bonds is 64. The van der Waals surface area contributed by atoms with Crippen LogP contribution in [0.3, 0.4) is 0 Å². The Morgan fingerprint density at radius 3 is 0.915 bits per heavy atom. The van der Waals surface area contributed by atoms with Gasteiger partial charge in [0.25, 0.3) is 11.8 Å². The number of aliphatic hydroxyl groups excluding tert-OH is 9. The van der Waals surface area contributed by atoms with Gasteiger partial charge in [-0.3, -0.25) is 62.4 Å². The average molecular weight is 1700 g/mol. The molecule has 12 amide bonds. The molecule has 4 rings (SSSR count). The SMILES string of the molecule is CC(=O)N[C@H]1[C@H](OCCCCC(=O)NCCCNC(=O)CCOCC(COCCC(=O)NCCCNC(=O)CCCCO[C@@H]2O[C@H](CO)[C@H](O)[C@H](O)[C@H]2NC(C)=O)(COCCC(=O)NCCCNC(=O)CCCCO[C@@H]2O[C@H](CO)[C@H](O)[C@H](O)[C@H]2NC(C)=O)NC(=O)CCOCCOCCOCCN2C(=O)C=CC2=O)O[C@H](CO)[C@H](O)[C@@H]1O. The summed E-state index contributed by atoms with van der Waals surface area (Å²) in [5.74, 6) is -4.94. The maximum Gasteiger partial charge on any atom is 0.253 e. The summed E-state index contributed by atoms with van der Waals surface area (Å²) in [5, 5.41) is 118. The van der Waals surface area contributed by atoms with Gasteiger partial charge >= 0.3 is 0 Å². The van der Waals surface area contributed by atoms with Crippen LogP contribution in [-0.4, -0.2) is 384 Å². The van der Waals surface area contributed by atoms with E-state index in [0.717, 1.165) is 4.90 Å². The summed E-state index contributed by atoms with van der Waals surface area (Å²) in [6, 6.07) is -3.32. The second kappa shape index (κ2) is 59.4. The molecule has 19 N–H and O–H groups in total. The molecule has 0 aliphatic carbocycles. The molecule has 4 aliphatic rings. The average Bonchev–Trinajstić information content (AvgIpc) is 0.835. The Kier molecular flexibility index (Phi) is 51.9. The first kappa shape index (κ1) is 103. The van der Waals surface area contributed by atoms with Gasteiger partial charge in [-0.15, -0.1) is 0 Å². The smallest absolute Gasteiger partial charge is 0.253 e. The van der Waals surface area contributed by atoms with Gasteiger partial charge < -0.3 is 156 Å². The molecule has 44 nitrogen and oxygen atoms in total. The van der Waals surface area contributed by atoms with Crippen LogP contribution in [0.1, 0.15) is 124 Å². The van der Waals surface area contributed by atoms with Crippen LogP contribution in [0, 0.1) is 0 Å². The van der Waals surface area contributed by atoms with Crippen LogP contribution in [0.4, 0.5) is 0 Å². The van der Waals surface area contributed by atoms with Crippen molar-refractivity contribution in [3.05, 3.63) is 12.2 Å². The Bertz CT molecular complexity index is 2780. The summed E-state index contributed by atoms with van der Waals surface area (Å²) < 4.78 is 68.6. The molecule has 118 heavy (non-hydrogen) atoms. The van der Waals surface area contributed by atoms with Crippen molar-refractivity contribution >= 4 is 70.9 Å². The summed E-state index contributed by atoms with van der Waals surface area (Å²) >= 11 is 0. The lowest BCUT2D eigenvalue weighted by Crippen LogP contribution is -2.64. The highest BCUT2D eigenvalue weighted by Gasteiger charge is 2.48. The van der Waals surface area contributed by atoms with Crippen molar-refractivity contribution in [2.75, 3.05) is 165 Å². The minimum atomic E-state index is -1.52. The van der Waals surface area contributed by atoms with Crippen LogP contribution in [-0.2, 0) is 114 Å². The molecular weight excluding hydrogens is 1570 g/mol. The van der Waals surface area contributed by atoms with Crippen LogP contribution in [0.2, 0.25) is 0 Å². The van der Waals surface area contributed by atoms with E-state index in [-0.39, 0.29) is 208 Å². The first-order valence-corrected chi connectivity index (χ1v) is 40.1. The molecule has 3 fully saturated rings. The van der Waals surface area contributed by atoms with Crippen molar-refractivity contribution in [3.8, 4) is 0 Å². The number of amides is 12. The van der Waals surface area contributed by atoms with Crippen molar-refractivity contribution in [2.45, 2.75) is 221 Å². The van der Waals surface area contributed by atoms with Crippen LogP contribution >= 0.6 is 0 Å². The summed E-state index contributed by atoms with van der Waals surface area (Å²) in [5.41, 5.74) is -1.52. The third-order valence-electron chi connectivity index (χ3n) is 18.5. The number of carbonyl (C=O) groups excluding carboxylic acids is 12. The maximum atomic E-state index is 13.9. The van der Waals surface area contributed by atoms with Crippen LogP contribution < -0.4 is 53.2 Å². The number of aliphatic hydroxyl groups is 9. The Morgan fingerprint density at radius 2 is 0.619 bits per heavy atom. The lowest BCUT2D eigenvalue weighted by molar-refractivity contribution is -0.270. The van der Waals surface area contributed by atoms with Crippen molar-refractivity contribution in [2.24, 2.45) is 0 Å². The van der Waals surface area contributed by atoms with E-state index in [1.54, 1.807) is 0 Å². The number of hydrogen-bond donors (Lipinski definition) is 19.